The predicted octanol–water partition coefficient (Wildman–Crippen LogP) is 6.90. The van der Waals surface area contributed by atoms with Crippen molar-refractivity contribution in [2.75, 3.05) is 6.54 Å². The molecule has 0 heterocycles. The Balaban J connectivity index is 2.64. The van der Waals surface area contributed by atoms with Gasteiger partial charge in [-0.25, -0.2) is 4.79 Å². The Labute approximate surface area is 258 Å². The van der Waals surface area contributed by atoms with E-state index in [1.165, 1.54) is 0 Å². The number of rotatable bonds is 13. The highest BCUT2D eigenvalue weighted by molar-refractivity contribution is 5.93. The van der Waals surface area contributed by atoms with E-state index >= 15 is 0 Å². The number of aromatic hydroxyl groups is 1. The van der Waals surface area contributed by atoms with E-state index in [0.717, 1.165) is 47.9 Å². The van der Waals surface area contributed by atoms with Crippen LogP contribution in [0.1, 0.15) is 109 Å². The van der Waals surface area contributed by atoms with Crippen molar-refractivity contribution in [2.24, 2.45) is 0 Å². The Kier molecular flexibility index (Phi) is 13.1. The van der Waals surface area contributed by atoms with E-state index in [0.29, 0.717) is 13.0 Å². The number of unbranched alkanes of at least 4 members (excludes halogenated alkanes) is 4. The first-order valence-corrected chi connectivity index (χ1v) is 15.5. The number of phenols is 1. The van der Waals surface area contributed by atoms with E-state index in [4.69, 9.17) is 4.74 Å². The fraction of sp³-hybridized carbons (Fsp3) is 0.571. The van der Waals surface area contributed by atoms with Crippen molar-refractivity contribution < 1.29 is 24.2 Å². The van der Waals surface area contributed by atoms with Crippen LogP contribution in [0, 0.1) is 13.8 Å². The van der Waals surface area contributed by atoms with Crippen LogP contribution in [-0.4, -0.2) is 51.6 Å². The van der Waals surface area contributed by atoms with Gasteiger partial charge in [0.25, 0.3) is 0 Å². The number of hydrogen-bond acceptors (Lipinski definition) is 5. The molecule has 0 radical (unpaired) electrons. The smallest absolute Gasteiger partial charge is 0.408 e. The molecule has 3 N–H and O–H groups in total. The zero-order valence-electron chi connectivity index (χ0n) is 27.7. The summed E-state index contributed by atoms with van der Waals surface area (Å²) in [5.74, 6) is -0.534. The molecule has 43 heavy (non-hydrogen) atoms. The molecule has 2 atom stereocenters. The number of amides is 3. The Bertz CT molecular complexity index is 1190. The van der Waals surface area contributed by atoms with Gasteiger partial charge < -0.3 is 25.4 Å². The number of carbonyl (C=O) groups excluding carboxylic acids is 3. The fourth-order valence-corrected chi connectivity index (χ4v) is 5.10. The van der Waals surface area contributed by atoms with Gasteiger partial charge in [-0.1, -0.05) is 62.9 Å². The topological polar surface area (TPSA) is 108 Å². The standard InChI is InChI=1S/C35H53N3O5/c1-10-11-12-13-14-22-38(30(31(40)37-34(4,5)6)29-24(2)16-15-17-25(29)3)32(41)28(36-33(42)43-35(7,8)9)23-26-18-20-27(39)21-19-26/h15-21,28,30,39H,10-14,22-23H2,1-9H3,(H,36,42)(H,37,40). The molecule has 2 unspecified atom stereocenters. The van der Waals surface area contributed by atoms with Gasteiger partial charge in [0.1, 0.15) is 23.4 Å². The number of ether oxygens (including phenoxy) is 1. The molecule has 2 aromatic rings. The first kappa shape index (κ1) is 35.6. The Morgan fingerprint density at radius 1 is 0.884 bits per heavy atom. The number of alkyl carbamates (subject to hydrolysis) is 1. The fourth-order valence-electron chi connectivity index (χ4n) is 5.10. The van der Waals surface area contributed by atoms with E-state index in [1.807, 2.05) is 52.8 Å². The number of benzene rings is 2. The van der Waals surface area contributed by atoms with E-state index < -0.39 is 29.3 Å². The highest BCUT2D eigenvalue weighted by Gasteiger charge is 2.38. The molecule has 2 rings (SSSR count). The quantitative estimate of drug-likeness (QED) is 0.218. The van der Waals surface area contributed by atoms with Crippen molar-refractivity contribution in [1.82, 2.24) is 15.5 Å². The lowest BCUT2D eigenvalue weighted by Gasteiger charge is -2.37. The molecule has 0 fully saturated rings. The lowest BCUT2D eigenvalue weighted by Crippen LogP contribution is -2.55. The SMILES string of the molecule is CCCCCCCN(C(=O)C(Cc1ccc(O)cc1)NC(=O)OC(C)(C)C)C(C(=O)NC(C)(C)C)c1c(C)cccc1C. The Morgan fingerprint density at radius 2 is 1.47 bits per heavy atom. The number of nitrogens with zero attached hydrogens (tertiary/aromatic N) is 1. The summed E-state index contributed by atoms with van der Waals surface area (Å²) in [5, 5.41) is 15.7. The first-order chi connectivity index (χ1) is 20.0. The van der Waals surface area contributed by atoms with E-state index in [1.54, 1.807) is 49.9 Å². The van der Waals surface area contributed by atoms with Gasteiger partial charge in [-0.3, -0.25) is 9.59 Å². The monoisotopic (exact) mass is 595 g/mol. The second-order valence-corrected chi connectivity index (χ2v) is 13.5. The minimum atomic E-state index is -1.01. The van der Waals surface area contributed by atoms with E-state index in [-0.39, 0.29) is 24.0 Å². The van der Waals surface area contributed by atoms with Gasteiger partial charge in [-0.05, 0) is 96.2 Å². The largest absolute Gasteiger partial charge is 0.508 e. The normalized spacial score (nSPS) is 13.1. The average molecular weight is 596 g/mol. The summed E-state index contributed by atoms with van der Waals surface area (Å²) in [4.78, 5) is 43.5. The molecule has 0 spiro atoms. The third-order valence-corrected chi connectivity index (χ3v) is 7.02. The van der Waals surface area contributed by atoms with Crippen LogP contribution < -0.4 is 10.6 Å². The van der Waals surface area contributed by atoms with Crippen molar-refractivity contribution in [3.05, 3.63) is 64.7 Å². The molecule has 0 aliphatic heterocycles. The van der Waals surface area contributed by atoms with Gasteiger partial charge in [0.05, 0.1) is 0 Å². The van der Waals surface area contributed by atoms with Crippen LogP contribution in [0.4, 0.5) is 4.79 Å². The molecule has 0 aliphatic rings. The molecule has 0 saturated carbocycles. The van der Waals surface area contributed by atoms with Crippen molar-refractivity contribution in [3.63, 3.8) is 0 Å². The van der Waals surface area contributed by atoms with E-state index in [2.05, 4.69) is 17.6 Å². The lowest BCUT2D eigenvalue weighted by atomic mass is 9.92. The summed E-state index contributed by atoms with van der Waals surface area (Å²) in [6.07, 6.45) is 4.31. The summed E-state index contributed by atoms with van der Waals surface area (Å²) < 4.78 is 5.54. The van der Waals surface area contributed by atoms with E-state index in [9.17, 15) is 19.5 Å². The zero-order chi connectivity index (χ0) is 32.4. The van der Waals surface area contributed by atoms with Crippen LogP contribution in [0.5, 0.6) is 5.75 Å². The Morgan fingerprint density at radius 3 is 2.00 bits per heavy atom. The van der Waals surface area contributed by atoms with Crippen LogP contribution in [0.25, 0.3) is 0 Å². The predicted molar refractivity (Wildman–Crippen MR) is 172 cm³/mol. The molecule has 238 valence electrons. The minimum absolute atomic E-state index is 0.106. The molecule has 2 aromatic carbocycles. The van der Waals surface area contributed by atoms with Gasteiger partial charge in [0.15, 0.2) is 0 Å². The number of phenolic OH excluding ortho intramolecular Hbond substituents is 1. The van der Waals surface area contributed by atoms with Crippen molar-refractivity contribution in [3.8, 4) is 5.75 Å². The maximum atomic E-state index is 14.7. The molecule has 0 aromatic heterocycles. The molecule has 8 nitrogen and oxygen atoms in total. The molecule has 0 bridgehead atoms. The summed E-state index contributed by atoms with van der Waals surface area (Å²) in [7, 11) is 0. The lowest BCUT2D eigenvalue weighted by molar-refractivity contribution is -0.143. The Hall–Kier alpha value is -3.55. The number of carbonyl (C=O) groups is 3. The molecule has 0 aliphatic carbocycles. The second kappa shape index (κ2) is 15.8. The summed E-state index contributed by atoms with van der Waals surface area (Å²) in [6, 6.07) is 10.5. The summed E-state index contributed by atoms with van der Waals surface area (Å²) in [6.45, 7) is 17.5. The van der Waals surface area contributed by atoms with Crippen LogP contribution in [0.2, 0.25) is 0 Å². The minimum Gasteiger partial charge on any atom is -0.508 e. The highest BCUT2D eigenvalue weighted by atomic mass is 16.6. The second-order valence-electron chi connectivity index (χ2n) is 13.5. The summed E-state index contributed by atoms with van der Waals surface area (Å²) in [5.41, 5.74) is 2.07. The van der Waals surface area contributed by atoms with Crippen molar-refractivity contribution in [1.29, 1.82) is 0 Å². The molecular formula is C35H53N3O5. The van der Waals surface area contributed by atoms with Gasteiger partial charge in [0.2, 0.25) is 11.8 Å². The highest BCUT2D eigenvalue weighted by Crippen LogP contribution is 2.30. The maximum Gasteiger partial charge on any atom is 0.408 e. The number of hydrogen-bond donors (Lipinski definition) is 3. The van der Waals surface area contributed by atoms with Gasteiger partial charge in [-0.15, -0.1) is 0 Å². The van der Waals surface area contributed by atoms with Crippen LogP contribution >= 0.6 is 0 Å². The average Bonchev–Trinajstić information content (AvgIpc) is 2.87. The molecular weight excluding hydrogens is 542 g/mol. The van der Waals surface area contributed by atoms with Crippen LogP contribution in [-0.2, 0) is 20.7 Å². The van der Waals surface area contributed by atoms with Crippen LogP contribution in [0.3, 0.4) is 0 Å². The van der Waals surface area contributed by atoms with Gasteiger partial charge in [-0.2, -0.15) is 0 Å². The zero-order valence-corrected chi connectivity index (χ0v) is 27.7. The van der Waals surface area contributed by atoms with Crippen molar-refractivity contribution in [2.45, 2.75) is 124 Å². The first-order valence-electron chi connectivity index (χ1n) is 15.5. The maximum absolute atomic E-state index is 14.7. The van der Waals surface area contributed by atoms with Gasteiger partial charge in [0, 0.05) is 18.5 Å². The third kappa shape index (κ3) is 11.9. The molecule has 3 amide bonds. The molecule has 0 saturated heterocycles. The number of nitrogens with one attached hydrogen (secondary N) is 2. The van der Waals surface area contributed by atoms with Gasteiger partial charge >= 0.3 is 6.09 Å². The summed E-state index contributed by atoms with van der Waals surface area (Å²) >= 11 is 0. The van der Waals surface area contributed by atoms with Crippen molar-refractivity contribution >= 4 is 17.9 Å². The van der Waals surface area contributed by atoms with Crippen LogP contribution in [0.15, 0.2) is 42.5 Å². The third-order valence-electron chi connectivity index (χ3n) is 7.02. The molecule has 8 heteroatoms. The number of aryl methyl sites for hydroxylation is 2.